The van der Waals surface area contributed by atoms with E-state index in [0.29, 0.717) is 17.5 Å². The van der Waals surface area contributed by atoms with Crippen molar-refractivity contribution in [2.24, 2.45) is 5.92 Å². The van der Waals surface area contributed by atoms with Crippen LogP contribution in [-0.4, -0.2) is 21.8 Å². The van der Waals surface area contributed by atoms with Gasteiger partial charge in [-0.05, 0) is 54.5 Å². The first-order valence-corrected chi connectivity index (χ1v) is 11.3. The lowest BCUT2D eigenvalue weighted by Gasteiger charge is -2.26. The molecule has 0 bridgehead atoms. The standard InChI is InChI=1S/C24H26BrF4NO3/c1-12(2)9-18(25)23(33)30-19(11-20(31)32)21-14(4)16(15-8-6-5-7-13(15)3)10-17(22(21)26)24(27,28)29/h5-8,10,12,18-19H,9,11H2,1-4H3,(H,30,33)(H,31,32)/t18-,19+/m1/s1. The molecule has 2 aromatic carbocycles. The number of carboxylic acid groups (broad SMARTS) is 1. The van der Waals surface area contributed by atoms with Gasteiger partial charge >= 0.3 is 12.1 Å². The first kappa shape index (κ1) is 26.8. The average molecular weight is 532 g/mol. The molecular formula is C24H26BrF4NO3. The number of carbonyl (C=O) groups is 2. The predicted octanol–water partition coefficient (Wildman–Crippen LogP) is 6.57. The molecule has 0 saturated heterocycles. The van der Waals surface area contributed by atoms with Gasteiger partial charge in [0.15, 0.2) is 0 Å². The van der Waals surface area contributed by atoms with Gasteiger partial charge in [0, 0.05) is 5.56 Å². The summed E-state index contributed by atoms with van der Waals surface area (Å²) in [6.07, 6.45) is -5.39. The molecule has 0 aliphatic heterocycles. The number of aliphatic carboxylic acids is 1. The van der Waals surface area contributed by atoms with E-state index in [1.807, 2.05) is 13.8 Å². The van der Waals surface area contributed by atoms with Gasteiger partial charge in [-0.15, -0.1) is 0 Å². The summed E-state index contributed by atoms with van der Waals surface area (Å²) < 4.78 is 56.6. The zero-order chi connectivity index (χ0) is 25.1. The Balaban J connectivity index is 2.74. The van der Waals surface area contributed by atoms with E-state index in [0.717, 1.165) is 6.07 Å². The van der Waals surface area contributed by atoms with Crippen molar-refractivity contribution >= 4 is 27.8 Å². The van der Waals surface area contributed by atoms with Gasteiger partial charge in [-0.2, -0.15) is 13.2 Å². The normalized spacial score (nSPS) is 13.6. The minimum absolute atomic E-state index is 0.123. The second kappa shape index (κ2) is 10.7. The summed E-state index contributed by atoms with van der Waals surface area (Å²) in [5.41, 5.74) is -0.607. The number of alkyl halides is 4. The molecule has 0 spiro atoms. The number of aryl methyl sites for hydroxylation is 1. The number of nitrogens with one attached hydrogen (secondary N) is 1. The van der Waals surface area contributed by atoms with Crippen LogP contribution in [0.25, 0.3) is 11.1 Å². The third-order valence-electron chi connectivity index (χ3n) is 5.32. The Labute approximate surface area is 198 Å². The Morgan fingerprint density at radius 3 is 2.24 bits per heavy atom. The molecule has 2 atom stereocenters. The van der Waals surface area contributed by atoms with Crippen LogP contribution in [-0.2, 0) is 15.8 Å². The number of hydrogen-bond donors (Lipinski definition) is 2. The highest BCUT2D eigenvalue weighted by molar-refractivity contribution is 9.10. The SMILES string of the molecule is Cc1ccccc1-c1cc(C(F)(F)F)c(F)c([C@H](CC(=O)O)NC(=O)[C@H](Br)CC(C)C)c1C. The van der Waals surface area contributed by atoms with Crippen molar-refractivity contribution in [3.05, 3.63) is 58.4 Å². The number of halogens is 5. The van der Waals surface area contributed by atoms with Crippen molar-refractivity contribution < 1.29 is 32.3 Å². The molecule has 2 aromatic rings. The van der Waals surface area contributed by atoms with Crippen molar-refractivity contribution in [1.82, 2.24) is 5.32 Å². The molecule has 0 saturated carbocycles. The molecule has 2 rings (SSSR count). The maximum atomic E-state index is 15.3. The summed E-state index contributed by atoms with van der Waals surface area (Å²) in [6.45, 7) is 6.90. The fourth-order valence-corrected chi connectivity index (χ4v) is 4.61. The third kappa shape index (κ3) is 6.56. The van der Waals surface area contributed by atoms with E-state index in [2.05, 4.69) is 21.2 Å². The molecule has 0 unspecified atom stereocenters. The van der Waals surface area contributed by atoms with E-state index in [1.54, 1.807) is 31.2 Å². The number of carbonyl (C=O) groups excluding carboxylic acids is 1. The fourth-order valence-electron chi connectivity index (χ4n) is 3.73. The van der Waals surface area contributed by atoms with Crippen LogP contribution in [0, 0.1) is 25.6 Å². The molecule has 0 aromatic heterocycles. The van der Waals surface area contributed by atoms with E-state index in [1.165, 1.54) is 6.92 Å². The molecule has 1 amide bonds. The second-order valence-corrected chi connectivity index (χ2v) is 9.50. The topological polar surface area (TPSA) is 66.4 Å². The lowest BCUT2D eigenvalue weighted by molar-refractivity contribution is -0.140. The molecule has 9 heteroatoms. The Bertz CT molecular complexity index is 1040. The van der Waals surface area contributed by atoms with Crippen LogP contribution in [0.4, 0.5) is 17.6 Å². The summed E-state index contributed by atoms with van der Waals surface area (Å²) in [5, 5.41) is 11.8. The smallest absolute Gasteiger partial charge is 0.419 e. The molecule has 0 heterocycles. The van der Waals surface area contributed by atoms with Crippen molar-refractivity contribution in [3.8, 4) is 11.1 Å². The minimum atomic E-state index is -5.02. The molecule has 33 heavy (non-hydrogen) atoms. The van der Waals surface area contributed by atoms with Gasteiger partial charge in [0.2, 0.25) is 5.91 Å². The van der Waals surface area contributed by atoms with Gasteiger partial charge < -0.3 is 10.4 Å². The van der Waals surface area contributed by atoms with Crippen molar-refractivity contribution in [2.45, 2.75) is 57.6 Å². The highest BCUT2D eigenvalue weighted by Gasteiger charge is 2.39. The summed E-state index contributed by atoms with van der Waals surface area (Å²) in [6, 6.07) is 5.94. The summed E-state index contributed by atoms with van der Waals surface area (Å²) in [5.74, 6) is -3.47. The Morgan fingerprint density at radius 1 is 1.12 bits per heavy atom. The number of amides is 1. The lowest BCUT2D eigenvalue weighted by atomic mass is 9.87. The van der Waals surface area contributed by atoms with Crippen LogP contribution < -0.4 is 5.32 Å². The van der Waals surface area contributed by atoms with Crippen LogP contribution in [0.5, 0.6) is 0 Å². The van der Waals surface area contributed by atoms with Crippen LogP contribution in [0.3, 0.4) is 0 Å². The zero-order valence-corrected chi connectivity index (χ0v) is 20.3. The van der Waals surface area contributed by atoms with Crippen LogP contribution in [0.15, 0.2) is 30.3 Å². The van der Waals surface area contributed by atoms with Gasteiger partial charge in [0.1, 0.15) is 5.82 Å². The Hall–Kier alpha value is -2.42. The maximum Gasteiger partial charge on any atom is 0.419 e. The first-order chi connectivity index (χ1) is 15.2. The van der Waals surface area contributed by atoms with E-state index in [9.17, 15) is 27.9 Å². The van der Waals surface area contributed by atoms with Gasteiger partial charge in [0.05, 0.1) is 22.9 Å². The van der Waals surface area contributed by atoms with E-state index < -0.39 is 52.3 Å². The second-order valence-electron chi connectivity index (χ2n) is 8.39. The van der Waals surface area contributed by atoms with Crippen LogP contribution >= 0.6 is 15.9 Å². The van der Waals surface area contributed by atoms with Gasteiger partial charge in [-0.1, -0.05) is 54.0 Å². The predicted molar refractivity (Wildman–Crippen MR) is 122 cm³/mol. The minimum Gasteiger partial charge on any atom is -0.481 e. The van der Waals surface area contributed by atoms with Gasteiger partial charge in [0.25, 0.3) is 0 Å². The zero-order valence-electron chi connectivity index (χ0n) is 18.7. The number of hydrogen-bond acceptors (Lipinski definition) is 2. The molecule has 4 nitrogen and oxygen atoms in total. The van der Waals surface area contributed by atoms with Gasteiger partial charge in [-0.3, -0.25) is 9.59 Å². The quantitative estimate of drug-likeness (QED) is 0.299. The molecule has 0 radical (unpaired) electrons. The highest BCUT2D eigenvalue weighted by Crippen LogP contribution is 2.41. The maximum absolute atomic E-state index is 15.3. The molecule has 2 N–H and O–H groups in total. The number of carboxylic acids is 1. The number of rotatable bonds is 8. The van der Waals surface area contributed by atoms with Crippen molar-refractivity contribution in [1.29, 1.82) is 0 Å². The van der Waals surface area contributed by atoms with Crippen molar-refractivity contribution in [2.75, 3.05) is 0 Å². The van der Waals surface area contributed by atoms with E-state index in [-0.39, 0.29) is 17.0 Å². The monoisotopic (exact) mass is 531 g/mol. The summed E-state index contributed by atoms with van der Waals surface area (Å²) in [7, 11) is 0. The Morgan fingerprint density at radius 2 is 1.73 bits per heavy atom. The molecule has 0 aliphatic carbocycles. The molecule has 180 valence electrons. The van der Waals surface area contributed by atoms with Gasteiger partial charge in [-0.25, -0.2) is 4.39 Å². The van der Waals surface area contributed by atoms with Crippen molar-refractivity contribution in [3.63, 3.8) is 0 Å². The summed E-state index contributed by atoms with van der Waals surface area (Å²) in [4.78, 5) is 23.5. The number of benzene rings is 2. The lowest BCUT2D eigenvalue weighted by Crippen LogP contribution is -2.37. The molecule has 0 fully saturated rings. The van der Waals surface area contributed by atoms with Crippen LogP contribution in [0.1, 0.15) is 55.0 Å². The van der Waals surface area contributed by atoms with E-state index in [4.69, 9.17) is 0 Å². The Kier molecular flexibility index (Phi) is 8.68. The molecule has 0 aliphatic rings. The average Bonchev–Trinajstić information content (AvgIpc) is 2.66. The van der Waals surface area contributed by atoms with Crippen LogP contribution in [0.2, 0.25) is 0 Å². The third-order valence-corrected chi connectivity index (χ3v) is 6.11. The largest absolute Gasteiger partial charge is 0.481 e. The van der Waals surface area contributed by atoms with E-state index >= 15 is 4.39 Å². The highest BCUT2D eigenvalue weighted by atomic mass is 79.9. The molecular weight excluding hydrogens is 506 g/mol. The first-order valence-electron chi connectivity index (χ1n) is 10.4. The fraction of sp³-hybridized carbons (Fsp3) is 0.417. The summed E-state index contributed by atoms with van der Waals surface area (Å²) >= 11 is 3.22.